The maximum atomic E-state index is 5.81. The Kier molecular flexibility index (Phi) is 7.14. The SMILES string of the molecule is CCc1nc(N)c(C)c(OCCOCCCOC)n1. The van der Waals surface area contributed by atoms with E-state index in [1.54, 1.807) is 7.11 Å². The molecule has 0 aliphatic heterocycles. The van der Waals surface area contributed by atoms with Gasteiger partial charge < -0.3 is 19.9 Å². The van der Waals surface area contributed by atoms with Crippen molar-refractivity contribution in [3.8, 4) is 5.88 Å². The number of methoxy groups -OCH3 is 1. The van der Waals surface area contributed by atoms with Crippen molar-refractivity contribution in [2.75, 3.05) is 39.3 Å². The van der Waals surface area contributed by atoms with E-state index in [0.29, 0.717) is 43.9 Å². The van der Waals surface area contributed by atoms with Gasteiger partial charge in [-0.2, -0.15) is 4.98 Å². The van der Waals surface area contributed by atoms with Crippen LogP contribution in [0.25, 0.3) is 0 Å². The van der Waals surface area contributed by atoms with Crippen LogP contribution in [0.1, 0.15) is 24.7 Å². The zero-order chi connectivity index (χ0) is 14.1. The summed E-state index contributed by atoms with van der Waals surface area (Å²) in [6, 6.07) is 0. The van der Waals surface area contributed by atoms with Gasteiger partial charge in [0, 0.05) is 26.7 Å². The molecule has 0 saturated heterocycles. The number of nitrogen functional groups attached to an aromatic ring is 1. The molecule has 0 aliphatic rings. The second-order valence-electron chi connectivity index (χ2n) is 4.12. The molecule has 0 atom stereocenters. The smallest absolute Gasteiger partial charge is 0.221 e. The minimum atomic E-state index is 0.452. The van der Waals surface area contributed by atoms with Gasteiger partial charge >= 0.3 is 0 Å². The standard InChI is InChI=1S/C13H23N3O3/c1-4-11-15-12(14)10(2)13(16-11)19-9-8-18-7-5-6-17-3/h4-9H2,1-3H3,(H2,14,15,16). The zero-order valence-corrected chi connectivity index (χ0v) is 11.9. The summed E-state index contributed by atoms with van der Waals surface area (Å²) in [5.74, 6) is 1.71. The third-order valence-corrected chi connectivity index (χ3v) is 2.60. The first-order chi connectivity index (χ1) is 9.19. The second kappa shape index (κ2) is 8.66. The molecule has 0 aromatic carbocycles. The van der Waals surface area contributed by atoms with Gasteiger partial charge in [-0.1, -0.05) is 6.92 Å². The Balaban J connectivity index is 2.34. The number of nitrogens with two attached hydrogens (primary N) is 1. The molecule has 1 aromatic heterocycles. The van der Waals surface area contributed by atoms with Crippen LogP contribution in [0.15, 0.2) is 0 Å². The summed E-state index contributed by atoms with van der Waals surface area (Å²) in [6.07, 6.45) is 1.62. The zero-order valence-electron chi connectivity index (χ0n) is 11.9. The molecule has 0 amide bonds. The predicted octanol–water partition coefficient (Wildman–Crippen LogP) is 1.36. The fraction of sp³-hybridized carbons (Fsp3) is 0.692. The summed E-state index contributed by atoms with van der Waals surface area (Å²) in [7, 11) is 1.68. The van der Waals surface area contributed by atoms with Gasteiger partial charge in [-0.05, 0) is 13.3 Å². The summed E-state index contributed by atoms with van der Waals surface area (Å²) >= 11 is 0. The van der Waals surface area contributed by atoms with Crippen molar-refractivity contribution in [3.05, 3.63) is 11.4 Å². The van der Waals surface area contributed by atoms with Gasteiger partial charge in [-0.15, -0.1) is 0 Å². The monoisotopic (exact) mass is 269 g/mol. The fourth-order valence-electron chi connectivity index (χ4n) is 1.46. The number of nitrogens with zero attached hydrogens (tertiary/aromatic N) is 2. The van der Waals surface area contributed by atoms with E-state index >= 15 is 0 Å². The van der Waals surface area contributed by atoms with E-state index in [4.69, 9.17) is 19.9 Å². The third-order valence-electron chi connectivity index (χ3n) is 2.60. The minimum absolute atomic E-state index is 0.452. The number of hydrogen-bond acceptors (Lipinski definition) is 6. The molecule has 6 heteroatoms. The highest BCUT2D eigenvalue weighted by molar-refractivity contribution is 5.44. The molecule has 1 aromatic rings. The van der Waals surface area contributed by atoms with Crippen molar-refractivity contribution in [1.82, 2.24) is 9.97 Å². The van der Waals surface area contributed by atoms with Crippen LogP contribution in [0.3, 0.4) is 0 Å². The van der Waals surface area contributed by atoms with Gasteiger partial charge in [0.15, 0.2) is 0 Å². The highest BCUT2D eigenvalue weighted by Gasteiger charge is 2.08. The maximum Gasteiger partial charge on any atom is 0.221 e. The molecule has 0 aliphatic carbocycles. The van der Waals surface area contributed by atoms with Crippen molar-refractivity contribution < 1.29 is 14.2 Å². The van der Waals surface area contributed by atoms with Crippen molar-refractivity contribution in [2.45, 2.75) is 26.7 Å². The Hall–Kier alpha value is -1.40. The van der Waals surface area contributed by atoms with Gasteiger partial charge in [0.1, 0.15) is 18.2 Å². The van der Waals surface area contributed by atoms with Crippen LogP contribution in [0, 0.1) is 6.92 Å². The number of aryl methyl sites for hydroxylation is 1. The van der Waals surface area contributed by atoms with E-state index in [1.165, 1.54) is 0 Å². The third kappa shape index (κ3) is 5.40. The van der Waals surface area contributed by atoms with Crippen LogP contribution in [0.4, 0.5) is 5.82 Å². The maximum absolute atomic E-state index is 5.81. The highest BCUT2D eigenvalue weighted by Crippen LogP contribution is 2.19. The molecular weight excluding hydrogens is 246 g/mol. The van der Waals surface area contributed by atoms with Gasteiger partial charge in [0.25, 0.3) is 0 Å². The molecule has 1 heterocycles. The molecular formula is C13H23N3O3. The Morgan fingerprint density at radius 1 is 1.11 bits per heavy atom. The first kappa shape index (κ1) is 15.7. The fourth-order valence-corrected chi connectivity index (χ4v) is 1.46. The quantitative estimate of drug-likeness (QED) is 0.682. The van der Waals surface area contributed by atoms with E-state index in [9.17, 15) is 0 Å². The van der Waals surface area contributed by atoms with E-state index in [2.05, 4.69) is 9.97 Å². The molecule has 0 unspecified atom stereocenters. The molecule has 6 nitrogen and oxygen atoms in total. The lowest BCUT2D eigenvalue weighted by Gasteiger charge is -2.11. The highest BCUT2D eigenvalue weighted by atomic mass is 16.5. The summed E-state index contributed by atoms with van der Waals surface area (Å²) in [4.78, 5) is 8.48. The molecule has 2 N–H and O–H groups in total. The van der Waals surface area contributed by atoms with Crippen LogP contribution >= 0.6 is 0 Å². The van der Waals surface area contributed by atoms with E-state index in [-0.39, 0.29) is 0 Å². The molecule has 108 valence electrons. The number of ether oxygens (including phenoxy) is 3. The largest absolute Gasteiger partial charge is 0.475 e. The van der Waals surface area contributed by atoms with E-state index in [0.717, 1.165) is 18.4 Å². The number of aromatic nitrogens is 2. The van der Waals surface area contributed by atoms with Crippen molar-refractivity contribution in [1.29, 1.82) is 0 Å². The first-order valence-electron chi connectivity index (χ1n) is 6.51. The average Bonchev–Trinajstić information content (AvgIpc) is 2.42. The van der Waals surface area contributed by atoms with Crippen molar-refractivity contribution >= 4 is 5.82 Å². The van der Waals surface area contributed by atoms with Crippen LogP contribution in [-0.2, 0) is 15.9 Å². The van der Waals surface area contributed by atoms with Gasteiger partial charge in [0.05, 0.1) is 12.2 Å². The summed E-state index contributed by atoms with van der Waals surface area (Å²) in [6.45, 7) is 6.18. The van der Waals surface area contributed by atoms with Crippen LogP contribution in [0.5, 0.6) is 5.88 Å². The lowest BCUT2D eigenvalue weighted by atomic mass is 10.3. The minimum Gasteiger partial charge on any atom is -0.475 e. The molecule has 0 spiro atoms. The first-order valence-corrected chi connectivity index (χ1v) is 6.51. The summed E-state index contributed by atoms with van der Waals surface area (Å²) in [5.41, 5.74) is 6.58. The van der Waals surface area contributed by atoms with Crippen LogP contribution in [-0.4, -0.2) is 43.5 Å². The Morgan fingerprint density at radius 3 is 2.58 bits per heavy atom. The van der Waals surface area contributed by atoms with Crippen molar-refractivity contribution in [3.63, 3.8) is 0 Å². The number of hydrogen-bond donors (Lipinski definition) is 1. The Bertz CT molecular complexity index is 386. The molecule has 0 fully saturated rings. The average molecular weight is 269 g/mol. The number of rotatable bonds is 9. The van der Waals surface area contributed by atoms with Gasteiger partial charge in [-0.25, -0.2) is 4.98 Å². The summed E-state index contributed by atoms with van der Waals surface area (Å²) in [5, 5.41) is 0. The van der Waals surface area contributed by atoms with Gasteiger partial charge in [0.2, 0.25) is 5.88 Å². The topological polar surface area (TPSA) is 79.5 Å². The van der Waals surface area contributed by atoms with Gasteiger partial charge in [-0.3, -0.25) is 0 Å². The molecule has 19 heavy (non-hydrogen) atoms. The van der Waals surface area contributed by atoms with Crippen LogP contribution < -0.4 is 10.5 Å². The molecule has 1 rings (SSSR count). The predicted molar refractivity (Wildman–Crippen MR) is 73.4 cm³/mol. The normalized spacial score (nSPS) is 10.7. The molecule has 0 radical (unpaired) electrons. The summed E-state index contributed by atoms with van der Waals surface area (Å²) < 4.78 is 15.9. The van der Waals surface area contributed by atoms with Crippen molar-refractivity contribution in [2.24, 2.45) is 0 Å². The number of anilines is 1. The van der Waals surface area contributed by atoms with E-state index in [1.807, 2.05) is 13.8 Å². The lowest BCUT2D eigenvalue weighted by molar-refractivity contribution is 0.0793. The second-order valence-corrected chi connectivity index (χ2v) is 4.12. The van der Waals surface area contributed by atoms with Crippen LogP contribution in [0.2, 0.25) is 0 Å². The van der Waals surface area contributed by atoms with E-state index < -0.39 is 0 Å². The lowest BCUT2D eigenvalue weighted by Crippen LogP contribution is -2.12. The molecule has 0 bridgehead atoms. The Morgan fingerprint density at radius 2 is 1.89 bits per heavy atom. The Labute approximate surface area is 114 Å². The molecule has 0 saturated carbocycles.